The zero-order chi connectivity index (χ0) is 11.4. The molecule has 0 unspecified atom stereocenters. The maximum Gasteiger partial charge on any atom is 0.411 e. The van der Waals surface area contributed by atoms with Gasteiger partial charge < -0.3 is 15.8 Å². The lowest BCUT2D eigenvalue weighted by atomic mass is 10.4. The Morgan fingerprint density at radius 2 is 2.33 bits per heavy atom. The van der Waals surface area contributed by atoms with Gasteiger partial charge in [-0.25, -0.2) is 9.78 Å². The summed E-state index contributed by atoms with van der Waals surface area (Å²) in [5.41, 5.74) is 5.58. The maximum atomic E-state index is 10.4. The first-order valence-corrected chi connectivity index (χ1v) is 5.10. The number of hydrogen-bond acceptors (Lipinski definition) is 4. The molecule has 1 aromatic heterocycles. The monoisotopic (exact) mass is 289 g/mol. The van der Waals surface area contributed by atoms with Crippen LogP contribution in [-0.2, 0) is 4.74 Å². The molecule has 7 heteroatoms. The van der Waals surface area contributed by atoms with E-state index in [1.54, 1.807) is 12.1 Å². The lowest BCUT2D eigenvalue weighted by Crippen LogP contribution is -2.22. The molecule has 3 N–H and O–H groups in total. The molecule has 1 rings (SSSR count). The summed E-state index contributed by atoms with van der Waals surface area (Å²) >= 11 is 8.01. The lowest BCUT2D eigenvalue weighted by molar-refractivity contribution is 0.209. The van der Waals surface area contributed by atoms with E-state index in [0.29, 0.717) is 5.82 Å². The molecular formula is C8H8BrN3O2S. The Bertz CT molecular complexity index is 411. The van der Waals surface area contributed by atoms with Gasteiger partial charge in [0.05, 0.1) is 5.69 Å². The molecule has 0 aliphatic carbocycles. The minimum atomic E-state index is -0.957. The van der Waals surface area contributed by atoms with E-state index < -0.39 is 6.09 Å². The number of nitrogens with one attached hydrogen (secondary N) is 1. The predicted octanol–water partition coefficient (Wildman–Crippen LogP) is 1.94. The smallest absolute Gasteiger partial charge is 0.383 e. The number of ether oxygens (including phenoxy) is 1. The van der Waals surface area contributed by atoms with Gasteiger partial charge in [-0.1, -0.05) is 0 Å². The number of thiocarbonyl (C=S) groups is 1. The minimum absolute atomic E-state index is 0.128. The van der Waals surface area contributed by atoms with Gasteiger partial charge in [0.2, 0.25) is 0 Å². The molecule has 80 valence electrons. The van der Waals surface area contributed by atoms with Gasteiger partial charge in [-0.05, 0) is 47.2 Å². The first-order chi connectivity index (χ1) is 6.99. The standard InChI is InChI=1S/C8H8BrN3O2S/c1-4-5(9)2-3-6(11-4)12-8(15)14-7(10)13/h2-3H,1H3,(H2,10,13)(H,11,12,15). The second kappa shape index (κ2) is 5.04. The lowest BCUT2D eigenvalue weighted by Gasteiger charge is -2.06. The molecule has 0 atom stereocenters. The Labute approximate surface area is 100 Å². The fraction of sp³-hybridized carbons (Fsp3) is 0.125. The summed E-state index contributed by atoms with van der Waals surface area (Å²) in [5, 5.41) is 2.49. The number of aryl methyl sites for hydroxylation is 1. The van der Waals surface area contributed by atoms with Gasteiger partial charge in [0, 0.05) is 4.47 Å². The first kappa shape index (κ1) is 11.9. The van der Waals surface area contributed by atoms with Crippen LogP contribution >= 0.6 is 28.1 Å². The third-order valence-corrected chi connectivity index (χ3v) is 2.47. The molecule has 1 aromatic rings. The number of rotatable bonds is 1. The fourth-order valence-electron chi connectivity index (χ4n) is 0.835. The fourth-order valence-corrected chi connectivity index (χ4v) is 1.24. The maximum absolute atomic E-state index is 10.4. The largest absolute Gasteiger partial charge is 0.411 e. The molecule has 0 aliphatic rings. The van der Waals surface area contributed by atoms with E-state index in [-0.39, 0.29) is 5.17 Å². The van der Waals surface area contributed by atoms with Gasteiger partial charge in [-0.15, -0.1) is 0 Å². The van der Waals surface area contributed by atoms with Gasteiger partial charge in [-0.2, -0.15) is 0 Å². The second-order valence-electron chi connectivity index (χ2n) is 2.60. The van der Waals surface area contributed by atoms with Crippen molar-refractivity contribution in [1.29, 1.82) is 0 Å². The highest BCUT2D eigenvalue weighted by Gasteiger charge is 2.04. The van der Waals surface area contributed by atoms with Crippen molar-refractivity contribution in [2.24, 2.45) is 5.73 Å². The van der Waals surface area contributed by atoms with E-state index in [2.05, 4.69) is 31.0 Å². The summed E-state index contributed by atoms with van der Waals surface area (Å²) in [6.45, 7) is 1.83. The summed E-state index contributed by atoms with van der Waals surface area (Å²) in [5.74, 6) is 0.488. The number of primary amides is 1. The summed E-state index contributed by atoms with van der Waals surface area (Å²) < 4.78 is 5.32. The molecule has 0 radical (unpaired) electrons. The van der Waals surface area contributed by atoms with E-state index in [9.17, 15) is 4.79 Å². The van der Waals surface area contributed by atoms with Crippen molar-refractivity contribution in [3.63, 3.8) is 0 Å². The number of amides is 1. The van der Waals surface area contributed by atoms with Crippen molar-refractivity contribution in [2.75, 3.05) is 5.32 Å². The number of carbonyl (C=O) groups excluding carboxylic acids is 1. The number of hydrogen-bond donors (Lipinski definition) is 2. The highest BCUT2D eigenvalue weighted by atomic mass is 79.9. The van der Waals surface area contributed by atoms with E-state index in [1.165, 1.54) is 0 Å². The van der Waals surface area contributed by atoms with Crippen molar-refractivity contribution < 1.29 is 9.53 Å². The number of nitrogens with zero attached hydrogens (tertiary/aromatic N) is 1. The molecular weight excluding hydrogens is 282 g/mol. The average Bonchev–Trinajstić information content (AvgIpc) is 2.10. The van der Waals surface area contributed by atoms with Crippen LogP contribution in [0.15, 0.2) is 16.6 Å². The molecule has 1 amide bonds. The van der Waals surface area contributed by atoms with Crippen LogP contribution in [0.1, 0.15) is 5.69 Å². The highest BCUT2D eigenvalue weighted by Crippen LogP contribution is 2.16. The Balaban J connectivity index is 2.69. The van der Waals surface area contributed by atoms with Crippen molar-refractivity contribution in [3.8, 4) is 0 Å². The van der Waals surface area contributed by atoms with Crippen molar-refractivity contribution in [3.05, 3.63) is 22.3 Å². The van der Waals surface area contributed by atoms with Crippen LogP contribution in [0, 0.1) is 6.92 Å². The third-order valence-electron chi connectivity index (χ3n) is 1.44. The Hall–Kier alpha value is -1.21. The predicted molar refractivity (Wildman–Crippen MR) is 63.6 cm³/mol. The zero-order valence-corrected chi connectivity index (χ0v) is 10.2. The van der Waals surface area contributed by atoms with Gasteiger partial charge >= 0.3 is 6.09 Å². The summed E-state index contributed by atoms with van der Waals surface area (Å²) in [6.07, 6.45) is -0.957. The molecule has 0 aromatic carbocycles. The summed E-state index contributed by atoms with van der Waals surface area (Å²) in [7, 11) is 0. The van der Waals surface area contributed by atoms with Crippen LogP contribution in [0.3, 0.4) is 0 Å². The van der Waals surface area contributed by atoms with Crippen LogP contribution in [0.25, 0.3) is 0 Å². The van der Waals surface area contributed by atoms with E-state index >= 15 is 0 Å². The Morgan fingerprint density at radius 3 is 2.87 bits per heavy atom. The summed E-state index contributed by atoms with van der Waals surface area (Å²) in [6, 6.07) is 3.49. The van der Waals surface area contributed by atoms with Gasteiger partial charge in [0.1, 0.15) is 5.82 Å². The number of nitrogens with two attached hydrogens (primary N) is 1. The van der Waals surface area contributed by atoms with Gasteiger partial charge in [0.25, 0.3) is 5.17 Å². The topological polar surface area (TPSA) is 77.2 Å². The third kappa shape index (κ3) is 3.80. The summed E-state index contributed by atoms with van der Waals surface area (Å²) in [4.78, 5) is 14.5. The van der Waals surface area contributed by atoms with E-state index in [4.69, 9.17) is 18.0 Å². The number of halogens is 1. The van der Waals surface area contributed by atoms with E-state index in [0.717, 1.165) is 10.2 Å². The molecule has 1 heterocycles. The van der Waals surface area contributed by atoms with Crippen LogP contribution < -0.4 is 11.1 Å². The number of carbonyl (C=O) groups is 1. The minimum Gasteiger partial charge on any atom is -0.383 e. The van der Waals surface area contributed by atoms with Crippen molar-refractivity contribution in [2.45, 2.75) is 6.92 Å². The molecule has 5 nitrogen and oxygen atoms in total. The zero-order valence-electron chi connectivity index (χ0n) is 7.78. The molecule has 0 fully saturated rings. The van der Waals surface area contributed by atoms with Gasteiger partial charge in [-0.3, -0.25) is 0 Å². The Morgan fingerprint density at radius 1 is 1.67 bits per heavy atom. The molecule has 0 aliphatic heterocycles. The van der Waals surface area contributed by atoms with Crippen LogP contribution in [0.5, 0.6) is 0 Å². The van der Waals surface area contributed by atoms with Gasteiger partial charge in [0.15, 0.2) is 0 Å². The number of pyridine rings is 1. The quantitative estimate of drug-likeness (QED) is 0.773. The Kier molecular flexibility index (Phi) is 3.98. The van der Waals surface area contributed by atoms with Crippen LogP contribution in [-0.4, -0.2) is 16.3 Å². The van der Waals surface area contributed by atoms with Crippen molar-refractivity contribution >= 4 is 45.2 Å². The molecule has 15 heavy (non-hydrogen) atoms. The molecule has 0 bridgehead atoms. The second-order valence-corrected chi connectivity index (χ2v) is 3.82. The molecule has 0 saturated carbocycles. The first-order valence-electron chi connectivity index (χ1n) is 3.90. The van der Waals surface area contributed by atoms with Crippen LogP contribution in [0.2, 0.25) is 0 Å². The van der Waals surface area contributed by atoms with Crippen molar-refractivity contribution in [1.82, 2.24) is 4.98 Å². The van der Waals surface area contributed by atoms with E-state index in [1.807, 2.05) is 6.92 Å². The SMILES string of the molecule is Cc1nc(NC(=S)OC(N)=O)ccc1Br. The number of aromatic nitrogens is 1. The average molecular weight is 290 g/mol. The number of anilines is 1. The highest BCUT2D eigenvalue weighted by molar-refractivity contribution is 9.10. The normalized spacial score (nSPS) is 9.47. The molecule has 0 saturated heterocycles. The molecule has 0 spiro atoms. The van der Waals surface area contributed by atoms with Crippen LogP contribution in [0.4, 0.5) is 10.6 Å².